The molecule has 0 atom stereocenters. The maximum Gasteiger partial charge on any atom is 0.260 e. The summed E-state index contributed by atoms with van der Waals surface area (Å²) in [5.41, 5.74) is 4.20. The minimum atomic E-state index is -3.65. The lowest BCUT2D eigenvalue weighted by atomic mass is 10.1. The van der Waals surface area contributed by atoms with Crippen LogP contribution in [0.4, 0.5) is 5.69 Å². The molecule has 0 aliphatic heterocycles. The molecule has 0 unspecified atom stereocenters. The van der Waals surface area contributed by atoms with Gasteiger partial charge in [0.25, 0.3) is 5.91 Å². The molecule has 0 bridgehead atoms. The maximum atomic E-state index is 12.2. The number of sulfonamides is 1. The number of methoxy groups -OCH3 is 1. The molecule has 1 N–H and O–H groups in total. The topological polar surface area (TPSA) is 88.1 Å². The van der Waals surface area contributed by atoms with E-state index >= 15 is 0 Å². The number of nitrogens with one attached hydrogen (secondary N) is 1. The Balaban J connectivity index is 2.11. The first kappa shape index (κ1) is 20.9. The Morgan fingerprint density at radius 1 is 1.15 bits per heavy atom. The zero-order valence-corrected chi connectivity index (χ0v) is 17.5. The molecule has 0 saturated carbocycles. The summed E-state index contributed by atoms with van der Waals surface area (Å²) in [6.45, 7) is 1.36. The van der Waals surface area contributed by atoms with Gasteiger partial charge >= 0.3 is 0 Å². The first-order valence-electron chi connectivity index (χ1n) is 7.91. The third kappa shape index (κ3) is 6.07. The third-order valence-corrected chi connectivity index (χ3v) is 5.33. The second kappa shape index (κ2) is 9.01. The molecule has 144 valence electrons. The van der Waals surface area contributed by atoms with Crippen LogP contribution in [0.25, 0.3) is 0 Å². The van der Waals surface area contributed by atoms with Crippen molar-refractivity contribution in [1.29, 1.82) is 0 Å². The van der Waals surface area contributed by atoms with E-state index < -0.39 is 15.9 Å². The first-order valence-corrected chi connectivity index (χ1v) is 10.6. The molecule has 0 spiro atoms. The summed E-state index contributed by atoms with van der Waals surface area (Å²) in [4.78, 5) is 12.2. The van der Waals surface area contributed by atoms with E-state index in [-0.39, 0.29) is 6.54 Å². The number of ether oxygens (including phenoxy) is 1. The molecule has 0 aliphatic rings. The van der Waals surface area contributed by atoms with E-state index in [0.717, 1.165) is 20.6 Å². The van der Waals surface area contributed by atoms with E-state index in [1.807, 2.05) is 24.3 Å². The fraction of sp³-hybridized carbons (Fsp3) is 0.222. The van der Waals surface area contributed by atoms with Crippen LogP contribution in [0.15, 0.2) is 58.1 Å². The van der Waals surface area contributed by atoms with Crippen molar-refractivity contribution >= 4 is 43.3 Å². The van der Waals surface area contributed by atoms with Crippen molar-refractivity contribution < 1.29 is 17.9 Å². The molecule has 0 saturated heterocycles. The number of carbonyl (C=O) groups is 1. The van der Waals surface area contributed by atoms with Gasteiger partial charge in [-0.05, 0) is 48.9 Å². The van der Waals surface area contributed by atoms with Crippen molar-refractivity contribution in [2.75, 3.05) is 24.2 Å². The van der Waals surface area contributed by atoms with Crippen LogP contribution in [0.3, 0.4) is 0 Å². The zero-order valence-electron chi connectivity index (χ0n) is 15.1. The SMILES string of the molecule is COc1ccc(N(CC(=O)N/N=C(/C)c2ccc(Br)cc2)S(C)(=O)=O)cc1. The highest BCUT2D eigenvalue weighted by Gasteiger charge is 2.20. The molecule has 0 heterocycles. The molecule has 0 aliphatic carbocycles. The second-order valence-corrected chi connectivity index (χ2v) is 8.53. The zero-order chi connectivity index (χ0) is 20.0. The largest absolute Gasteiger partial charge is 0.497 e. The number of nitrogens with zero attached hydrogens (tertiary/aromatic N) is 2. The number of hydrazone groups is 1. The number of anilines is 1. The highest BCUT2D eigenvalue weighted by atomic mass is 79.9. The van der Waals surface area contributed by atoms with Gasteiger partial charge in [-0.3, -0.25) is 9.10 Å². The lowest BCUT2D eigenvalue weighted by Crippen LogP contribution is -2.39. The summed E-state index contributed by atoms with van der Waals surface area (Å²) in [5.74, 6) is 0.0408. The summed E-state index contributed by atoms with van der Waals surface area (Å²) in [6, 6.07) is 13.8. The van der Waals surface area contributed by atoms with Crippen LogP contribution in [-0.4, -0.2) is 39.9 Å². The summed E-state index contributed by atoms with van der Waals surface area (Å²) >= 11 is 3.35. The number of carbonyl (C=O) groups excluding carboxylic acids is 1. The summed E-state index contributed by atoms with van der Waals surface area (Å²) < 4.78 is 31.2. The number of hydrogen-bond donors (Lipinski definition) is 1. The quantitative estimate of drug-likeness (QED) is 0.515. The van der Waals surface area contributed by atoms with Gasteiger partial charge in [0.1, 0.15) is 12.3 Å². The van der Waals surface area contributed by atoms with E-state index in [0.29, 0.717) is 17.1 Å². The molecule has 0 fully saturated rings. The summed E-state index contributed by atoms with van der Waals surface area (Å²) in [6.07, 6.45) is 1.04. The minimum absolute atomic E-state index is 0.363. The smallest absolute Gasteiger partial charge is 0.260 e. The molecule has 1 amide bonds. The average Bonchev–Trinajstić information content (AvgIpc) is 2.64. The Morgan fingerprint density at radius 2 is 1.74 bits per heavy atom. The van der Waals surface area contributed by atoms with Crippen LogP contribution >= 0.6 is 15.9 Å². The van der Waals surface area contributed by atoms with Gasteiger partial charge in [-0.2, -0.15) is 5.10 Å². The number of benzene rings is 2. The van der Waals surface area contributed by atoms with Crippen molar-refractivity contribution in [3.63, 3.8) is 0 Å². The summed E-state index contributed by atoms with van der Waals surface area (Å²) in [7, 11) is -2.13. The van der Waals surface area contributed by atoms with Gasteiger partial charge in [0.05, 0.1) is 24.8 Å². The normalized spacial score (nSPS) is 11.8. The molecular weight excluding hydrogens is 434 g/mol. The fourth-order valence-corrected chi connectivity index (χ4v) is 3.34. The molecule has 0 aromatic heterocycles. The third-order valence-electron chi connectivity index (χ3n) is 3.66. The van der Waals surface area contributed by atoms with E-state index in [2.05, 4.69) is 26.5 Å². The van der Waals surface area contributed by atoms with E-state index in [9.17, 15) is 13.2 Å². The monoisotopic (exact) mass is 453 g/mol. The van der Waals surface area contributed by atoms with E-state index in [1.165, 1.54) is 7.11 Å². The molecule has 2 rings (SSSR count). The van der Waals surface area contributed by atoms with Gasteiger partial charge in [0, 0.05) is 4.47 Å². The summed E-state index contributed by atoms with van der Waals surface area (Å²) in [5, 5.41) is 4.04. The maximum absolute atomic E-state index is 12.2. The van der Waals surface area contributed by atoms with Crippen LogP contribution in [-0.2, 0) is 14.8 Å². The van der Waals surface area contributed by atoms with Crippen LogP contribution in [0.5, 0.6) is 5.75 Å². The van der Waals surface area contributed by atoms with Gasteiger partial charge < -0.3 is 4.74 Å². The molecule has 9 heteroatoms. The molecular formula is C18H20BrN3O4S. The lowest BCUT2D eigenvalue weighted by molar-refractivity contribution is -0.119. The predicted molar refractivity (Wildman–Crippen MR) is 110 cm³/mol. The Labute approximate surface area is 167 Å². The Morgan fingerprint density at radius 3 is 2.26 bits per heavy atom. The van der Waals surface area contributed by atoms with Gasteiger partial charge in [-0.1, -0.05) is 28.1 Å². The molecule has 0 radical (unpaired) electrons. The Bertz CT molecular complexity index is 926. The molecule has 2 aromatic rings. The Kier molecular flexibility index (Phi) is 6.98. The first-order chi connectivity index (χ1) is 12.7. The molecule has 2 aromatic carbocycles. The van der Waals surface area contributed by atoms with Crippen molar-refractivity contribution in [2.24, 2.45) is 5.10 Å². The standard InChI is InChI=1S/C18H20BrN3O4S/c1-13(14-4-6-15(19)7-5-14)20-21-18(23)12-22(27(3,24)25)16-8-10-17(26-2)11-9-16/h4-11H,12H2,1-3H3,(H,21,23)/b20-13-. The highest BCUT2D eigenvalue weighted by Crippen LogP contribution is 2.21. The van der Waals surface area contributed by atoms with Crippen LogP contribution in [0.2, 0.25) is 0 Å². The molecule has 7 nitrogen and oxygen atoms in total. The highest BCUT2D eigenvalue weighted by molar-refractivity contribution is 9.10. The number of rotatable bonds is 7. The van der Waals surface area contributed by atoms with E-state index in [4.69, 9.17) is 4.74 Å². The van der Waals surface area contributed by atoms with Gasteiger partial charge in [0.2, 0.25) is 10.0 Å². The van der Waals surface area contributed by atoms with Crippen molar-refractivity contribution in [2.45, 2.75) is 6.92 Å². The number of amides is 1. The molecule has 27 heavy (non-hydrogen) atoms. The minimum Gasteiger partial charge on any atom is -0.497 e. The number of hydrogen-bond acceptors (Lipinski definition) is 5. The lowest BCUT2D eigenvalue weighted by Gasteiger charge is -2.21. The fourth-order valence-electron chi connectivity index (χ4n) is 2.22. The van der Waals surface area contributed by atoms with Crippen LogP contribution in [0, 0.1) is 0 Å². The van der Waals surface area contributed by atoms with Crippen molar-refractivity contribution in [3.8, 4) is 5.75 Å². The van der Waals surface area contributed by atoms with Crippen LogP contribution in [0.1, 0.15) is 12.5 Å². The van der Waals surface area contributed by atoms with Crippen molar-refractivity contribution in [3.05, 3.63) is 58.6 Å². The van der Waals surface area contributed by atoms with Gasteiger partial charge in [-0.25, -0.2) is 13.8 Å². The Hall–Kier alpha value is -2.39. The number of halogens is 1. The van der Waals surface area contributed by atoms with Crippen LogP contribution < -0.4 is 14.5 Å². The van der Waals surface area contributed by atoms with E-state index in [1.54, 1.807) is 31.2 Å². The van der Waals surface area contributed by atoms with Gasteiger partial charge in [-0.15, -0.1) is 0 Å². The van der Waals surface area contributed by atoms with Gasteiger partial charge in [0.15, 0.2) is 0 Å². The second-order valence-electron chi connectivity index (χ2n) is 5.71. The average molecular weight is 454 g/mol. The van der Waals surface area contributed by atoms with Crippen molar-refractivity contribution in [1.82, 2.24) is 5.43 Å². The predicted octanol–water partition coefficient (Wildman–Crippen LogP) is 2.76.